The van der Waals surface area contributed by atoms with Crippen LogP contribution in [0.1, 0.15) is 24.3 Å². The van der Waals surface area contributed by atoms with Crippen molar-refractivity contribution in [3.8, 4) is 6.01 Å². The van der Waals surface area contributed by atoms with Gasteiger partial charge in [-0.2, -0.15) is 4.98 Å². The molecule has 5 nitrogen and oxygen atoms in total. The molecule has 0 aliphatic rings. The maximum Gasteiger partial charge on any atom is 0.317 e. The van der Waals surface area contributed by atoms with Gasteiger partial charge in [0.05, 0.1) is 11.9 Å². The van der Waals surface area contributed by atoms with E-state index in [-0.39, 0.29) is 17.8 Å². The molecule has 1 aromatic carbocycles. The van der Waals surface area contributed by atoms with Crippen molar-refractivity contribution in [3.05, 3.63) is 52.4 Å². The highest BCUT2D eigenvalue weighted by Crippen LogP contribution is 2.21. The van der Waals surface area contributed by atoms with Crippen LogP contribution in [-0.4, -0.2) is 9.97 Å². The van der Waals surface area contributed by atoms with Crippen LogP contribution >= 0.6 is 0 Å². The first kappa shape index (κ1) is 13.1. The standard InChI is InChI=1S/C13H12FN3O2/c1-8-12(14)7-15-13(16-8)19-9(2)10-3-5-11(17-18)6-4-10/h3-7,9H,1-2H3. The van der Waals surface area contributed by atoms with Crippen molar-refractivity contribution >= 4 is 5.69 Å². The topological polar surface area (TPSA) is 64.4 Å². The lowest BCUT2D eigenvalue weighted by Crippen LogP contribution is -2.06. The molecular formula is C13H12FN3O2. The Hall–Kier alpha value is -2.37. The summed E-state index contributed by atoms with van der Waals surface area (Å²) < 4.78 is 18.5. The molecule has 2 rings (SSSR count). The summed E-state index contributed by atoms with van der Waals surface area (Å²) in [4.78, 5) is 18.0. The fourth-order valence-corrected chi connectivity index (χ4v) is 1.52. The Bertz CT molecular complexity index is 587. The molecule has 2 aromatic rings. The summed E-state index contributed by atoms with van der Waals surface area (Å²) in [5.41, 5.74) is 1.43. The highest BCUT2D eigenvalue weighted by molar-refractivity contribution is 5.39. The van der Waals surface area contributed by atoms with Crippen LogP contribution < -0.4 is 4.74 Å². The smallest absolute Gasteiger partial charge is 0.317 e. The van der Waals surface area contributed by atoms with Crippen molar-refractivity contribution in [2.24, 2.45) is 5.18 Å². The lowest BCUT2D eigenvalue weighted by molar-refractivity contribution is 0.206. The second kappa shape index (κ2) is 5.51. The third kappa shape index (κ3) is 3.09. The Morgan fingerprint density at radius 1 is 1.32 bits per heavy atom. The maximum atomic E-state index is 13.0. The fraction of sp³-hybridized carbons (Fsp3) is 0.231. The third-order valence-electron chi connectivity index (χ3n) is 2.65. The van der Waals surface area contributed by atoms with Gasteiger partial charge in [-0.3, -0.25) is 0 Å². The van der Waals surface area contributed by atoms with Gasteiger partial charge in [0.15, 0.2) is 5.82 Å². The number of nitroso groups, excluding NO2 is 1. The molecule has 0 aliphatic heterocycles. The van der Waals surface area contributed by atoms with Crippen LogP contribution in [0.15, 0.2) is 35.6 Å². The predicted octanol–water partition coefficient (Wildman–Crippen LogP) is 3.46. The van der Waals surface area contributed by atoms with Crippen molar-refractivity contribution in [2.75, 3.05) is 0 Å². The number of nitrogens with zero attached hydrogens (tertiary/aromatic N) is 3. The molecular weight excluding hydrogens is 249 g/mol. The summed E-state index contributed by atoms with van der Waals surface area (Å²) in [5.74, 6) is -0.471. The van der Waals surface area contributed by atoms with E-state index >= 15 is 0 Å². The molecule has 1 aromatic heterocycles. The Morgan fingerprint density at radius 3 is 2.58 bits per heavy atom. The largest absolute Gasteiger partial charge is 0.456 e. The molecule has 1 atom stereocenters. The van der Waals surface area contributed by atoms with Gasteiger partial charge in [-0.25, -0.2) is 9.37 Å². The van der Waals surface area contributed by atoms with Crippen LogP contribution in [0.25, 0.3) is 0 Å². The summed E-state index contributed by atoms with van der Waals surface area (Å²) in [6.45, 7) is 3.35. The van der Waals surface area contributed by atoms with E-state index < -0.39 is 5.82 Å². The second-order valence-corrected chi connectivity index (χ2v) is 4.03. The van der Waals surface area contributed by atoms with Gasteiger partial charge in [0, 0.05) is 0 Å². The molecule has 0 radical (unpaired) electrons. The molecule has 6 heteroatoms. The molecule has 0 N–H and O–H groups in total. The minimum Gasteiger partial charge on any atom is -0.456 e. The summed E-state index contributed by atoms with van der Waals surface area (Å²) >= 11 is 0. The number of hydrogen-bond donors (Lipinski definition) is 0. The molecule has 0 saturated carbocycles. The quantitative estimate of drug-likeness (QED) is 0.790. The zero-order valence-electron chi connectivity index (χ0n) is 10.5. The number of rotatable bonds is 4. The van der Waals surface area contributed by atoms with Gasteiger partial charge in [0.2, 0.25) is 0 Å². The Morgan fingerprint density at radius 2 is 2.00 bits per heavy atom. The molecule has 0 fully saturated rings. The number of ether oxygens (including phenoxy) is 1. The van der Waals surface area contributed by atoms with E-state index in [1.165, 1.54) is 0 Å². The highest BCUT2D eigenvalue weighted by Gasteiger charge is 2.10. The number of hydrogen-bond acceptors (Lipinski definition) is 5. The van der Waals surface area contributed by atoms with Crippen molar-refractivity contribution in [1.29, 1.82) is 0 Å². The van der Waals surface area contributed by atoms with Crippen molar-refractivity contribution in [1.82, 2.24) is 9.97 Å². The van der Waals surface area contributed by atoms with Crippen molar-refractivity contribution in [3.63, 3.8) is 0 Å². The zero-order chi connectivity index (χ0) is 13.8. The minimum atomic E-state index is -0.471. The summed E-state index contributed by atoms with van der Waals surface area (Å²) in [6.07, 6.45) is 0.759. The highest BCUT2D eigenvalue weighted by atomic mass is 19.1. The normalized spacial score (nSPS) is 11.9. The molecule has 0 saturated heterocycles. The van der Waals surface area contributed by atoms with Crippen LogP contribution in [0.5, 0.6) is 6.01 Å². The first-order chi connectivity index (χ1) is 9.10. The van der Waals surface area contributed by atoms with Gasteiger partial charge in [0.25, 0.3) is 0 Å². The number of aryl methyl sites for hydroxylation is 1. The van der Waals surface area contributed by atoms with Gasteiger partial charge in [0.1, 0.15) is 11.8 Å². The third-order valence-corrected chi connectivity index (χ3v) is 2.65. The number of benzene rings is 1. The summed E-state index contributed by atoms with van der Waals surface area (Å²) in [5, 5.41) is 2.82. The SMILES string of the molecule is Cc1nc(OC(C)c2ccc(N=O)cc2)ncc1F. The average Bonchev–Trinajstić information content (AvgIpc) is 2.43. The minimum absolute atomic E-state index is 0.115. The Labute approximate surface area is 109 Å². The van der Waals surface area contributed by atoms with Crippen molar-refractivity contribution < 1.29 is 9.13 Å². The molecule has 19 heavy (non-hydrogen) atoms. The maximum absolute atomic E-state index is 13.0. The average molecular weight is 261 g/mol. The zero-order valence-corrected chi connectivity index (χ0v) is 10.5. The number of aromatic nitrogens is 2. The van der Waals surface area contributed by atoms with E-state index in [0.29, 0.717) is 5.69 Å². The first-order valence-corrected chi connectivity index (χ1v) is 5.69. The van der Waals surface area contributed by atoms with Gasteiger partial charge in [-0.1, -0.05) is 12.1 Å². The molecule has 1 unspecified atom stereocenters. The van der Waals surface area contributed by atoms with Crippen LogP contribution in [0, 0.1) is 17.6 Å². The van der Waals surface area contributed by atoms with Crippen LogP contribution in [0.3, 0.4) is 0 Å². The van der Waals surface area contributed by atoms with E-state index in [1.807, 2.05) is 6.92 Å². The van der Waals surface area contributed by atoms with Gasteiger partial charge >= 0.3 is 6.01 Å². The monoisotopic (exact) mass is 261 g/mol. The number of halogens is 1. The Balaban J connectivity index is 2.12. The van der Waals surface area contributed by atoms with E-state index in [9.17, 15) is 9.30 Å². The molecule has 1 heterocycles. The van der Waals surface area contributed by atoms with Gasteiger partial charge in [-0.15, -0.1) is 4.91 Å². The van der Waals surface area contributed by atoms with Gasteiger partial charge in [-0.05, 0) is 36.7 Å². The van der Waals surface area contributed by atoms with Gasteiger partial charge < -0.3 is 4.74 Å². The summed E-state index contributed by atoms with van der Waals surface area (Å²) in [7, 11) is 0. The molecule has 0 amide bonds. The molecule has 0 spiro atoms. The van der Waals surface area contributed by atoms with Crippen LogP contribution in [-0.2, 0) is 0 Å². The Kier molecular flexibility index (Phi) is 3.79. The fourth-order valence-electron chi connectivity index (χ4n) is 1.52. The van der Waals surface area contributed by atoms with E-state index in [2.05, 4.69) is 15.1 Å². The van der Waals surface area contributed by atoms with Crippen LogP contribution in [0.4, 0.5) is 10.1 Å². The van der Waals surface area contributed by atoms with Crippen molar-refractivity contribution in [2.45, 2.75) is 20.0 Å². The van der Waals surface area contributed by atoms with Crippen LogP contribution in [0.2, 0.25) is 0 Å². The van der Waals surface area contributed by atoms with E-state index in [1.54, 1.807) is 31.2 Å². The first-order valence-electron chi connectivity index (χ1n) is 5.69. The predicted molar refractivity (Wildman–Crippen MR) is 67.7 cm³/mol. The lowest BCUT2D eigenvalue weighted by Gasteiger charge is -2.13. The lowest BCUT2D eigenvalue weighted by atomic mass is 10.1. The molecule has 98 valence electrons. The van der Waals surface area contributed by atoms with E-state index in [4.69, 9.17) is 4.74 Å². The molecule has 0 bridgehead atoms. The van der Waals surface area contributed by atoms with E-state index in [0.717, 1.165) is 11.8 Å². The second-order valence-electron chi connectivity index (χ2n) is 4.03. The molecule has 0 aliphatic carbocycles. The summed E-state index contributed by atoms with van der Waals surface area (Å²) in [6, 6.07) is 6.78.